The number of hydrogen-bond acceptors (Lipinski definition) is 4. The van der Waals surface area contributed by atoms with E-state index in [1.807, 2.05) is 12.3 Å². The van der Waals surface area contributed by atoms with E-state index < -0.39 is 0 Å². The molecule has 1 aliphatic heterocycles. The molecule has 76 heavy (non-hydrogen) atoms. The third-order valence-corrected chi connectivity index (χ3v) is 15.6. The zero-order valence-electron chi connectivity index (χ0n) is 45.6. The van der Waals surface area contributed by atoms with Crippen molar-refractivity contribution < 1.29 is 25.8 Å². The molecule has 2 aromatic heterocycles. The number of ether oxygens (including phenoxy) is 1. The van der Waals surface area contributed by atoms with E-state index in [0.717, 1.165) is 55.9 Å². The van der Waals surface area contributed by atoms with E-state index in [9.17, 15) is 0 Å². The number of rotatable bonds is 12. The zero-order chi connectivity index (χ0) is 52.4. The molecule has 8 aromatic carbocycles. The van der Waals surface area contributed by atoms with Crippen molar-refractivity contribution in [2.75, 3.05) is 9.80 Å². The number of hydrogen-bond donors (Lipinski definition) is 0. The first-order chi connectivity index (χ1) is 36.0. The Morgan fingerprint density at radius 1 is 0.500 bits per heavy atom. The zero-order valence-corrected chi connectivity index (χ0v) is 47.9. The molecule has 0 spiro atoms. The summed E-state index contributed by atoms with van der Waals surface area (Å²) < 4.78 is 9.35. The molecule has 10 aromatic rings. The van der Waals surface area contributed by atoms with Crippen molar-refractivity contribution in [1.29, 1.82) is 0 Å². The van der Waals surface area contributed by atoms with Crippen molar-refractivity contribution in [2.45, 2.75) is 104 Å². The predicted octanol–water partition coefficient (Wildman–Crippen LogP) is 18.8. The summed E-state index contributed by atoms with van der Waals surface area (Å²) in [6, 6.07) is 73.3. The maximum atomic E-state index is 7.12. The van der Waals surface area contributed by atoms with Crippen LogP contribution in [0, 0.1) is 18.8 Å². The second kappa shape index (κ2) is 20.4. The van der Waals surface area contributed by atoms with E-state index in [-0.39, 0.29) is 49.1 Å². The Morgan fingerprint density at radius 3 is 1.74 bits per heavy atom. The molecule has 5 nitrogen and oxygen atoms in total. The maximum absolute atomic E-state index is 7.12. The second-order valence-electron chi connectivity index (χ2n) is 23.0. The van der Waals surface area contributed by atoms with Gasteiger partial charge in [0.05, 0.1) is 0 Å². The van der Waals surface area contributed by atoms with Crippen LogP contribution in [0.15, 0.2) is 188 Å². The molecule has 0 N–H and O–H groups in total. The Bertz CT molecular complexity index is 3710. The molecule has 3 heterocycles. The van der Waals surface area contributed by atoms with E-state index in [2.05, 4.69) is 285 Å². The van der Waals surface area contributed by atoms with Gasteiger partial charge in [0, 0.05) is 72.2 Å². The normalized spacial score (nSPS) is 13.0. The van der Waals surface area contributed by atoms with E-state index in [0.29, 0.717) is 11.5 Å². The van der Waals surface area contributed by atoms with E-state index in [1.165, 1.54) is 44.5 Å². The van der Waals surface area contributed by atoms with Crippen LogP contribution < -0.4 is 14.5 Å². The number of aromatic nitrogens is 2. The monoisotopic (exact) mass is 1170 g/mol. The molecule has 0 unspecified atom stereocenters. The number of benzene rings is 8. The van der Waals surface area contributed by atoms with Gasteiger partial charge in [0.15, 0.2) is 0 Å². The predicted molar refractivity (Wildman–Crippen MR) is 314 cm³/mol. The molecule has 0 fully saturated rings. The Balaban J connectivity index is 0.00000657. The van der Waals surface area contributed by atoms with Gasteiger partial charge in [-0.15, -0.1) is 53.6 Å². The first kappa shape index (κ1) is 52.2. The topological polar surface area (TPSA) is 33.5 Å². The molecule has 0 amide bonds. The van der Waals surface area contributed by atoms with Crippen molar-refractivity contribution in [3.63, 3.8) is 0 Å². The summed E-state index contributed by atoms with van der Waals surface area (Å²) >= 11 is 0. The van der Waals surface area contributed by atoms with Gasteiger partial charge in [-0.1, -0.05) is 197 Å². The van der Waals surface area contributed by atoms with Crippen LogP contribution in [-0.2, 0) is 37.3 Å². The van der Waals surface area contributed by atoms with Crippen molar-refractivity contribution >= 4 is 44.6 Å². The fourth-order valence-electron chi connectivity index (χ4n) is 11.1. The average Bonchev–Trinajstić information content (AvgIpc) is 4.00. The van der Waals surface area contributed by atoms with Crippen LogP contribution in [0.3, 0.4) is 0 Å². The number of fused-ring (bicyclic) bond motifs is 4. The van der Waals surface area contributed by atoms with Crippen LogP contribution in [0.25, 0.3) is 38.8 Å². The average molecular weight is 1180 g/mol. The van der Waals surface area contributed by atoms with Crippen molar-refractivity contribution in [1.82, 2.24) is 9.55 Å². The molecule has 0 saturated heterocycles. The fraction of sp³-hybridized carbons (Fsp3) is 0.229. The van der Waals surface area contributed by atoms with Gasteiger partial charge < -0.3 is 19.1 Å². The van der Waals surface area contributed by atoms with Crippen LogP contribution in [0.2, 0.25) is 0 Å². The summed E-state index contributed by atoms with van der Waals surface area (Å²) in [7, 11) is 0. The van der Waals surface area contributed by atoms with Crippen LogP contribution in [-0.4, -0.2) is 9.55 Å². The largest absolute Gasteiger partial charge is 0.509 e. The molecule has 0 saturated carbocycles. The third kappa shape index (κ3) is 9.57. The van der Waals surface area contributed by atoms with Gasteiger partial charge in [0.25, 0.3) is 0 Å². The molecule has 0 aliphatic carbocycles. The van der Waals surface area contributed by atoms with E-state index in [1.54, 1.807) is 0 Å². The van der Waals surface area contributed by atoms with Gasteiger partial charge in [-0.05, 0) is 110 Å². The quantitative estimate of drug-likeness (QED) is 0.114. The van der Waals surface area contributed by atoms with Crippen molar-refractivity contribution in [3.8, 4) is 28.4 Å². The Labute approximate surface area is 465 Å². The van der Waals surface area contributed by atoms with Crippen LogP contribution in [0.4, 0.5) is 22.7 Å². The maximum Gasteiger partial charge on any atom is 0.135 e. The SMILES string of the molecule is CC(C)c1cccc(C(C)C)c1-c1cc(Oc2[c-]c3c(cc2)c2ccccc2n3-c2cc(C(C)(C)c3ccccc3)ccn2)[c-]c(N2[CH-]N(c3cc(C(C)(C)C)cc(C(C)(C)c4ccccc4)c3)c3ccccc32)c1.[Pt]. The summed E-state index contributed by atoms with van der Waals surface area (Å²) in [5, 5.41) is 2.20. The minimum Gasteiger partial charge on any atom is -0.509 e. The van der Waals surface area contributed by atoms with Gasteiger partial charge in [0.1, 0.15) is 5.82 Å². The first-order valence-electron chi connectivity index (χ1n) is 26.6. The summed E-state index contributed by atoms with van der Waals surface area (Å²) in [5.41, 5.74) is 16.7. The smallest absolute Gasteiger partial charge is 0.135 e. The molecule has 0 atom stereocenters. The minimum atomic E-state index is -0.249. The van der Waals surface area contributed by atoms with Gasteiger partial charge in [0.2, 0.25) is 0 Å². The fourth-order valence-corrected chi connectivity index (χ4v) is 11.1. The molecule has 386 valence electrons. The first-order valence-corrected chi connectivity index (χ1v) is 26.6. The van der Waals surface area contributed by atoms with E-state index in [4.69, 9.17) is 9.72 Å². The minimum absolute atomic E-state index is 0. The number of pyridine rings is 1. The summed E-state index contributed by atoms with van der Waals surface area (Å²) in [5.74, 6) is 2.60. The number of nitrogens with zero attached hydrogens (tertiary/aromatic N) is 4. The number of anilines is 4. The van der Waals surface area contributed by atoms with Gasteiger partial charge in [-0.2, -0.15) is 6.07 Å². The molecule has 6 heteroatoms. The molecular formula is C70H67N4OPt-3. The molecule has 0 radical (unpaired) electrons. The van der Waals surface area contributed by atoms with Gasteiger partial charge in [-0.3, -0.25) is 0 Å². The Kier molecular flexibility index (Phi) is 14.0. The molecule has 11 rings (SSSR count). The van der Waals surface area contributed by atoms with Gasteiger partial charge in [-0.25, -0.2) is 4.98 Å². The van der Waals surface area contributed by atoms with Crippen molar-refractivity contribution in [2.24, 2.45) is 0 Å². The van der Waals surface area contributed by atoms with Crippen molar-refractivity contribution in [3.05, 3.63) is 246 Å². The molecule has 1 aliphatic rings. The standard InChI is InChI=1S/C70H67N4O.Pt/c1-46(2)58-28-22-29-59(47(3)4)67(58)48-37-54(72-45-73(64-32-21-20-31-63(64)72)55-40-52(68(5,6)7)39-53(41-55)70(10,11)50-25-16-13-17-26-50)43-57(38-48)75-56-33-34-61-60-27-18-19-30-62(60)74(65(61)44-56)66-42-51(35-36-71-66)69(8,9)49-23-14-12-15-24-49;/h12-42,45-47H,1-11H3;/q-3;. The van der Waals surface area contributed by atoms with Crippen LogP contribution in [0.5, 0.6) is 11.5 Å². The van der Waals surface area contributed by atoms with Crippen LogP contribution >= 0.6 is 0 Å². The second-order valence-corrected chi connectivity index (χ2v) is 23.0. The number of para-hydroxylation sites is 3. The van der Waals surface area contributed by atoms with E-state index >= 15 is 0 Å². The summed E-state index contributed by atoms with van der Waals surface area (Å²) in [6.07, 6.45) is 1.93. The third-order valence-electron chi connectivity index (χ3n) is 15.6. The van der Waals surface area contributed by atoms with Gasteiger partial charge >= 0.3 is 0 Å². The summed E-state index contributed by atoms with van der Waals surface area (Å²) in [4.78, 5) is 9.66. The summed E-state index contributed by atoms with van der Waals surface area (Å²) in [6.45, 7) is 27.5. The van der Waals surface area contributed by atoms with Crippen LogP contribution in [0.1, 0.15) is 127 Å². The molecular weight excluding hydrogens is 1110 g/mol. The molecule has 0 bridgehead atoms. The Hall–Kier alpha value is -7.20. The Morgan fingerprint density at radius 2 is 1.09 bits per heavy atom.